The van der Waals surface area contributed by atoms with Crippen molar-refractivity contribution in [3.8, 4) is 11.5 Å². The molecule has 0 saturated carbocycles. The van der Waals surface area contributed by atoms with E-state index in [1.54, 1.807) is 18.2 Å². The normalized spacial score (nSPS) is 17.5. The molecule has 0 aliphatic carbocycles. The highest BCUT2D eigenvalue weighted by molar-refractivity contribution is 5.95. The largest absolute Gasteiger partial charge is 0.454 e. The second-order valence-corrected chi connectivity index (χ2v) is 5.81. The van der Waals surface area contributed by atoms with E-state index in [2.05, 4.69) is 10.1 Å². The second-order valence-electron chi connectivity index (χ2n) is 5.81. The summed E-state index contributed by atoms with van der Waals surface area (Å²) in [6, 6.07) is 5.31. The Balaban J connectivity index is 1.43. The predicted octanol–water partition coefficient (Wildman–Crippen LogP) is 2.13. The van der Waals surface area contributed by atoms with Crippen LogP contribution >= 0.6 is 0 Å². The van der Waals surface area contributed by atoms with Crippen LogP contribution in [0.15, 0.2) is 22.7 Å². The SMILES string of the molecule is Cc1noc(C2CCN(C(=O)c3ccc4c(c3)OCO4)CC2)n1. The summed E-state index contributed by atoms with van der Waals surface area (Å²) in [5, 5.41) is 3.83. The average Bonchev–Trinajstić information content (AvgIpc) is 3.22. The van der Waals surface area contributed by atoms with Crippen molar-refractivity contribution in [1.82, 2.24) is 15.0 Å². The van der Waals surface area contributed by atoms with E-state index >= 15 is 0 Å². The fourth-order valence-corrected chi connectivity index (χ4v) is 3.02. The molecular formula is C16H17N3O4. The highest BCUT2D eigenvalue weighted by Gasteiger charge is 2.28. The van der Waals surface area contributed by atoms with Gasteiger partial charge in [0, 0.05) is 24.6 Å². The van der Waals surface area contributed by atoms with Crippen LogP contribution in [-0.4, -0.2) is 40.8 Å². The van der Waals surface area contributed by atoms with Gasteiger partial charge in [-0.25, -0.2) is 0 Å². The maximum absolute atomic E-state index is 12.6. The minimum absolute atomic E-state index is 0.0171. The van der Waals surface area contributed by atoms with Gasteiger partial charge in [0.05, 0.1) is 0 Å². The molecule has 0 spiro atoms. The Morgan fingerprint density at radius 3 is 2.74 bits per heavy atom. The molecule has 120 valence electrons. The van der Waals surface area contributed by atoms with Crippen molar-refractivity contribution in [2.75, 3.05) is 19.9 Å². The molecular weight excluding hydrogens is 298 g/mol. The Labute approximate surface area is 133 Å². The number of nitrogens with zero attached hydrogens (tertiary/aromatic N) is 3. The number of aromatic nitrogens is 2. The molecule has 0 unspecified atom stereocenters. The molecule has 3 heterocycles. The van der Waals surface area contributed by atoms with Crippen LogP contribution in [0.25, 0.3) is 0 Å². The van der Waals surface area contributed by atoms with Crippen LogP contribution in [0.5, 0.6) is 11.5 Å². The molecule has 0 bridgehead atoms. The van der Waals surface area contributed by atoms with E-state index in [0.29, 0.717) is 41.9 Å². The number of carbonyl (C=O) groups excluding carboxylic acids is 1. The van der Waals surface area contributed by atoms with Crippen molar-refractivity contribution in [2.24, 2.45) is 0 Å². The molecule has 2 aliphatic heterocycles. The van der Waals surface area contributed by atoms with E-state index in [-0.39, 0.29) is 18.6 Å². The van der Waals surface area contributed by atoms with Crippen LogP contribution in [0.2, 0.25) is 0 Å². The highest BCUT2D eigenvalue weighted by Crippen LogP contribution is 2.33. The Hall–Kier alpha value is -2.57. The summed E-state index contributed by atoms with van der Waals surface area (Å²) in [6.07, 6.45) is 1.66. The molecule has 7 heteroatoms. The van der Waals surface area contributed by atoms with Gasteiger partial charge in [0.25, 0.3) is 5.91 Å². The van der Waals surface area contributed by atoms with Gasteiger partial charge in [-0.3, -0.25) is 4.79 Å². The van der Waals surface area contributed by atoms with Gasteiger partial charge in [0.2, 0.25) is 12.7 Å². The van der Waals surface area contributed by atoms with Crippen LogP contribution in [0, 0.1) is 6.92 Å². The van der Waals surface area contributed by atoms with Crippen LogP contribution in [0.3, 0.4) is 0 Å². The van der Waals surface area contributed by atoms with E-state index < -0.39 is 0 Å². The first-order valence-corrected chi connectivity index (χ1v) is 7.70. The zero-order valence-corrected chi connectivity index (χ0v) is 12.8. The minimum atomic E-state index is 0.0171. The monoisotopic (exact) mass is 315 g/mol. The Morgan fingerprint density at radius 2 is 2.00 bits per heavy atom. The number of fused-ring (bicyclic) bond motifs is 1. The third-order valence-electron chi connectivity index (χ3n) is 4.29. The van der Waals surface area contributed by atoms with E-state index in [0.717, 1.165) is 12.8 Å². The van der Waals surface area contributed by atoms with E-state index in [9.17, 15) is 4.79 Å². The Kier molecular flexibility index (Phi) is 3.40. The Morgan fingerprint density at radius 1 is 1.22 bits per heavy atom. The van der Waals surface area contributed by atoms with E-state index in [4.69, 9.17) is 14.0 Å². The van der Waals surface area contributed by atoms with Crippen LogP contribution < -0.4 is 9.47 Å². The zero-order valence-electron chi connectivity index (χ0n) is 12.8. The molecule has 1 aromatic carbocycles. The average molecular weight is 315 g/mol. The van der Waals surface area contributed by atoms with Gasteiger partial charge in [-0.15, -0.1) is 0 Å². The minimum Gasteiger partial charge on any atom is -0.454 e. The standard InChI is InChI=1S/C16H17N3O4/c1-10-17-15(23-18-10)11-4-6-19(7-5-11)16(20)12-2-3-13-14(8-12)22-9-21-13/h2-3,8,11H,4-7,9H2,1H3. The summed E-state index contributed by atoms with van der Waals surface area (Å²) in [6.45, 7) is 3.38. The number of likely N-dealkylation sites (tertiary alicyclic amines) is 1. The Bertz CT molecular complexity index is 735. The van der Waals surface area contributed by atoms with Crippen LogP contribution in [0.4, 0.5) is 0 Å². The summed E-state index contributed by atoms with van der Waals surface area (Å²) in [5.74, 6) is 2.90. The summed E-state index contributed by atoms with van der Waals surface area (Å²) >= 11 is 0. The molecule has 1 aromatic heterocycles. The van der Waals surface area contributed by atoms with Gasteiger partial charge in [-0.2, -0.15) is 4.98 Å². The predicted molar refractivity (Wildman–Crippen MR) is 79.5 cm³/mol. The van der Waals surface area contributed by atoms with Crippen molar-refractivity contribution in [1.29, 1.82) is 0 Å². The summed E-state index contributed by atoms with van der Waals surface area (Å²) in [5.41, 5.74) is 0.626. The van der Waals surface area contributed by atoms with Gasteiger partial charge in [0.1, 0.15) is 0 Å². The van der Waals surface area contributed by atoms with E-state index in [1.807, 2.05) is 11.8 Å². The topological polar surface area (TPSA) is 77.7 Å². The summed E-state index contributed by atoms with van der Waals surface area (Å²) in [4.78, 5) is 18.8. The molecule has 0 radical (unpaired) electrons. The van der Waals surface area contributed by atoms with Gasteiger partial charge >= 0.3 is 0 Å². The number of hydrogen-bond acceptors (Lipinski definition) is 6. The zero-order chi connectivity index (χ0) is 15.8. The molecule has 0 atom stereocenters. The van der Waals surface area contributed by atoms with Crippen molar-refractivity contribution >= 4 is 5.91 Å². The molecule has 1 amide bonds. The summed E-state index contributed by atoms with van der Waals surface area (Å²) < 4.78 is 15.8. The van der Waals surface area contributed by atoms with Crippen molar-refractivity contribution in [3.05, 3.63) is 35.5 Å². The lowest BCUT2D eigenvalue weighted by molar-refractivity contribution is 0.0704. The first kappa shape index (κ1) is 14.0. The quantitative estimate of drug-likeness (QED) is 0.845. The number of piperidine rings is 1. The number of carbonyl (C=O) groups is 1. The molecule has 2 aliphatic rings. The molecule has 7 nitrogen and oxygen atoms in total. The van der Waals surface area contributed by atoms with Gasteiger partial charge < -0.3 is 18.9 Å². The van der Waals surface area contributed by atoms with E-state index in [1.165, 1.54) is 0 Å². The second kappa shape index (κ2) is 5.57. The smallest absolute Gasteiger partial charge is 0.253 e. The lowest BCUT2D eigenvalue weighted by Crippen LogP contribution is -2.38. The molecule has 1 fully saturated rings. The van der Waals surface area contributed by atoms with Gasteiger partial charge in [-0.05, 0) is 38.0 Å². The lowest BCUT2D eigenvalue weighted by atomic mass is 9.96. The summed E-state index contributed by atoms with van der Waals surface area (Å²) in [7, 11) is 0. The van der Waals surface area contributed by atoms with Crippen molar-refractivity contribution < 1.29 is 18.8 Å². The number of benzene rings is 1. The molecule has 4 rings (SSSR count). The number of ether oxygens (including phenoxy) is 2. The third-order valence-corrected chi connectivity index (χ3v) is 4.29. The highest BCUT2D eigenvalue weighted by atomic mass is 16.7. The first-order valence-electron chi connectivity index (χ1n) is 7.70. The lowest BCUT2D eigenvalue weighted by Gasteiger charge is -2.30. The van der Waals surface area contributed by atoms with Crippen LogP contribution in [0.1, 0.15) is 40.8 Å². The molecule has 23 heavy (non-hydrogen) atoms. The molecule has 0 N–H and O–H groups in total. The number of hydrogen-bond donors (Lipinski definition) is 0. The number of amides is 1. The number of aryl methyl sites for hydroxylation is 1. The first-order chi connectivity index (χ1) is 11.2. The third kappa shape index (κ3) is 2.62. The fourth-order valence-electron chi connectivity index (χ4n) is 3.02. The number of rotatable bonds is 2. The van der Waals surface area contributed by atoms with Gasteiger partial charge in [0.15, 0.2) is 17.3 Å². The van der Waals surface area contributed by atoms with Crippen LogP contribution in [-0.2, 0) is 0 Å². The molecule has 2 aromatic rings. The fraction of sp³-hybridized carbons (Fsp3) is 0.438. The van der Waals surface area contributed by atoms with Gasteiger partial charge in [-0.1, -0.05) is 5.16 Å². The molecule has 1 saturated heterocycles. The maximum Gasteiger partial charge on any atom is 0.253 e. The van der Waals surface area contributed by atoms with Crippen molar-refractivity contribution in [2.45, 2.75) is 25.7 Å². The van der Waals surface area contributed by atoms with Crippen molar-refractivity contribution in [3.63, 3.8) is 0 Å². The maximum atomic E-state index is 12.6.